The van der Waals surface area contributed by atoms with Crippen LogP contribution in [0.3, 0.4) is 0 Å². The average Bonchev–Trinajstić information content (AvgIpc) is 2.30. The molecule has 0 aromatic carbocycles. The second-order valence-electron chi connectivity index (χ2n) is 5.01. The zero-order valence-corrected chi connectivity index (χ0v) is 12.2. The molecular weight excluding hydrogens is 236 g/mol. The Kier molecular flexibility index (Phi) is 7.44. The van der Waals surface area contributed by atoms with E-state index in [9.17, 15) is 0 Å². The minimum absolute atomic E-state index is 0.242. The molecule has 1 rings (SSSR count). The summed E-state index contributed by atoms with van der Waals surface area (Å²) in [5.41, 5.74) is 0. The maximum absolute atomic E-state index is 6.38. The van der Waals surface area contributed by atoms with E-state index < -0.39 is 0 Å². The predicted octanol–water partition coefficient (Wildman–Crippen LogP) is 1.95. The fourth-order valence-electron chi connectivity index (χ4n) is 2.34. The maximum atomic E-state index is 6.38. The van der Waals surface area contributed by atoms with Gasteiger partial charge in [0, 0.05) is 31.6 Å². The fourth-order valence-corrected chi connectivity index (χ4v) is 2.80. The lowest BCUT2D eigenvalue weighted by Crippen LogP contribution is -2.45. The maximum Gasteiger partial charge on any atom is 0.0826 e. The summed E-state index contributed by atoms with van der Waals surface area (Å²) in [6.07, 6.45) is 2.64. The molecule has 0 aromatic rings. The first-order chi connectivity index (χ1) is 8.17. The van der Waals surface area contributed by atoms with Gasteiger partial charge in [0.2, 0.25) is 0 Å². The van der Waals surface area contributed by atoms with Gasteiger partial charge in [-0.25, -0.2) is 0 Å². The molecule has 0 aromatic heterocycles. The van der Waals surface area contributed by atoms with Crippen LogP contribution >= 0.6 is 11.6 Å². The second-order valence-corrected chi connectivity index (χ2v) is 5.57. The molecule has 1 aliphatic rings. The molecule has 1 fully saturated rings. The minimum atomic E-state index is 0.242. The molecule has 0 bridgehead atoms. The van der Waals surface area contributed by atoms with E-state index in [0.717, 1.165) is 45.6 Å². The van der Waals surface area contributed by atoms with E-state index in [1.54, 1.807) is 0 Å². The fraction of sp³-hybridized carbons (Fsp3) is 1.00. The molecule has 0 aliphatic carbocycles. The van der Waals surface area contributed by atoms with Crippen LogP contribution < -0.4 is 5.32 Å². The smallest absolute Gasteiger partial charge is 0.0826 e. The summed E-state index contributed by atoms with van der Waals surface area (Å²) in [6, 6.07) is 0. The van der Waals surface area contributed by atoms with Crippen molar-refractivity contribution in [3.63, 3.8) is 0 Å². The highest BCUT2D eigenvalue weighted by molar-refractivity contribution is 6.21. The van der Waals surface area contributed by atoms with Gasteiger partial charge in [-0.2, -0.15) is 0 Å². The van der Waals surface area contributed by atoms with Crippen molar-refractivity contribution in [2.75, 3.05) is 39.8 Å². The number of likely N-dealkylation sites (N-methyl/N-ethyl adjacent to an activating group) is 1. The Balaban J connectivity index is 2.14. The largest absolute Gasteiger partial charge is 0.374 e. The zero-order valence-electron chi connectivity index (χ0n) is 11.4. The molecule has 1 saturated heterocycles. The van der Waals surface area contributed by atoms with Gasteiger partial charge in [0.05, 0.1) is 12.7 Å². The molecule has 2 unspecified atom stereocenters. The van der Waals surface area contributed by atoms with Crippen LogP contribution in [0, 0.1) is 5.92 Å². The van der Waals surface area contributed by atoms with Crippen LogP contribution in [-0.2, 0) is 4.74 Å². The zero-order chi connectivity index (χ0) is 12.7. The number of alkyl halides is 1. The molecule has 4 heteroatoms. The summed E-state index contributed by atoms with van der Waals surface area (Å²) in [6.45, 7) is 9.13. The van der Waals surface area contributed by atoms with E-state index in [2.05, 4.69) is 31.1 Å². The summed E-state index contributed by atoms with van der Waals surface area (Å²) in [7, 11) is 2.14. The topological polar surface area (TPSA) is 24.5 Å². The van der Waals surface area contributed by atoms with E-state index in [0.29, 0.717) is 12.0 Å². The van der Waals surface area contributed by atoms with Crippen LogP contribution in [0.15, 0.2) is 0 Å². The Labute approximate surface area is 111 Å². The molecule has 1 N–H and O–H groups in total. The van der Waals surface area contributed by atoms with Gasteiger partial charge in [-0.15, -0.1) is 11.6 Å². The van der Waals surface area contributed by atoms with Crippen molar-refractivity contribution in [1.82, 2.24) is 10.2 Å². The minimum Gasteiger partial charge on any atom is -0.374 e. The molecule has 0 spiro atoms. The van der Waals surface area contributed by atoms with Crippen molar-refractivity contribution in [1.29, 1.82) is 0 Å². The number of morpholine rings is 1. The van der Waals surface area contributed by atoms with Gasteiger partial charge < -0.3 is 15.0 Å². The quantitative estimate of drug-likeness (QED) is 0.710. The van der Waals surface area contributed by atoms with Gasteiger partial charge in [-0.05, 0) is 13.0 Å². The first-order valence-corrected chi connectivity index (χ1v) is 7.25. The Morgan fingerprint density at radius 1 is 1.41 bits per heavy atom. The summed E-state index contributed by atoms with van der Waals surface area (Å²) in [4.78, 5) is 2.31. The second kappa shape index (κ2) is 8.30. The summed E-state index contributed by atoms with van der Waals surface area (Å²) in [5, 5.41) is 3.68. The molecule has 3 nitrogen and oxygen atoms in total. The van der Waals surface area contributed by atoms with Crippen molar-refractivity contribution < 1.29 is 4.74 Å². The third kappa shape index (κ3) is 5.56. The number of nitrogens with zero attached hydrogens (tertiary/aromatic N) is 1. The molecule has 0 amide bonds. The molecule has 1 aliphatic heterocycles. The third-order valence-corrected chi connectivity index (χ3v) is 4.12. The molecular formula is C13H27ClN2O. The van der Waals surface area contributed by atoms with Gasteiger partial charge >= 0.3 is 0 Å². The van der Waals surface area contributed by atoms with Crippen LogP contribution in [0.2, 0.25) is 0 Å². The van der Waals surface area contributed by atoms with Gasteiger partial charge in [-0.1, -0.05) is 26.7 Å². The van der Waals surface area contributed by atoms with Crippen LogP contribution in [0.5, 0.6) is 0 Å². The molecule has 102 valence electrons. The molecule has 2 atom stereocenters. The first kappa shape index (κ1) is 15.2. The Bertz CT molecular complexity index is 198. The Morgan fingerprint density at radius 3 is 2.71 bits per heavy atom. The highest BCUT2D eigenvalue weighted by Gasteiger charge is 2.19. The molecule has 1 heterocycles. The van der Waals surface area contributed by atoms with E-state index >= 15 is 0 Å². The standard InChI is InChI=1S/C13H27ClN2O/c1-4-11(5-2)13(14)9-15-8-12-10-16(3)6-7-17-12/h11-13,15H,4-10H2,1-3H3. The van der Waals surface area contributed by atoms with E-state index in [1.165, 1.54) is 0 Å². The predicted molar refractivity (Wildman–Crippen MR) is 73.8 cm³/mol. The molecule has 0 radical (unpaired) electrons. The highest BCUT2D eigenvalue weighted by Crippen LogP contribution is 2.17. The van der Waals surface area contributed by atoms with Crippen molar-refractivity contribution in [3.8, 4) is 0 Å². The lowest BCUT2D eigenvalue weighted by Gasteiger charge is -2.30. The van der Waals surface area contributed by atoms with E-state index in [1.807, 2.05) is 0 Å². The van der Waals surface area contributed by atoms with Gasteiger partial charge in [0.15, 0.2) is 0 Å². The SMILES string of the molecule is CCC(CC)C(Cl)CNCC1CN(C)CCO1. The van der Waals surface area contributed by atoms with Gasteiger partial charge in [-0.3, -0.25) is 0 Å². The first-order valence-electron chi connectivity index (χ1n) is 6.82. The number of hydrogen-bond acceptors (Lipinski definition) is 3. The Morgan fingerprint density at radius 2 is 2.12 bits per heavy atom. The van der Waals surface area contributed by atoms with E-state index in [4.69, 9.17) is 16.3 Å². The van der Waals surface area contributed by atoms with Crippen LogP contribution in [0.1, 0.15) is 26.7 Å². The van der Waals surface area contributed by atoms with Crippen molar-refractivity contribution in [3.05, 3.63) is 0 Å². The van der Waals surface area contributed by atoms with Crippen LogP contribution in [-0.4, -0.2) is 56.2 Å². The highest BCUT2D eigenvalue weighted by atomic mass is 35.5. The summed E-state index contributed by atoms with van der Waals surface area (Å²) >= 11 is 6.38. The lowest BCUT2D eigenvalue weighted by atomic mass is 9.99. The summed E-state index contributed by atoms with van der Waals surface area (Å²) in [5.74, 6) is 0.624. The third-order valence-electron chi connectivity index (χ3n) is 3.61. The molecule has 17 heavy (non-hydrogen) atoms. The number of ether oxygens (including phenoxy) is 1. The lowest BCUT2D eigenvalue weighted by molar-refractivity contribution is -0.0180. The van der Waals surface area contributed by atoms with Crippen molar-refractivity contribution in [2.45, 2.75) is 38.2 Å². The number of hydrogen-bond donors (Lipinski definition) is 1. The van der Waals surface area contributed by atoms with Crippen LogP contribution in [0.4, 0.5) is 0 Å². The van der Waals surface area contributed by atoms with Gasteiger partial charge in [0.25, 0.3) is 0 Å². The average molecular weight is 263 g/mol. The summed E-state index contributed by atoms with van der Waals surface area (Å²) < 4.78 is 5.70. The normalized spacial score (nSPS) is 24.2. The monoisotopic (exact) mass is 262 g/mol. The van der Waals surface area contributed by atoms with Crippen LogP contribution in [0.25, 0.3) is 0 Å². The van der Waals surface area contributed by atoms with Crippen molar-refractivity contribution in [2.24, 2.45) is 5.92 Å². The number of halogens is 1. The molecule has 0 saturated carbocycles. The van der Waals surface area contributed by atoms with E-state index in [-0.39, 0.29) is 5.38 Å². The number of rotatable bonds is 7. The van der Waals surface area contributed by atoms with Crippen molar-refractivity contribution >= 4 is 11.6 Å². The van der Waals surface area contributed by atoms with Gasteiger partial charge in [0.1, 0.15) is 0 Å². The number of nitrogens with one attached hydrogen (secondary N) is 1. The Hall–Kier alpha value is 0.170.